The van der Waals surface area contributed by atoms with Crippen molar-refractivity contribution < 1.29 is 116 Å². The molecule has 3 rings (SSSR count). The minimum Gasteiger partial charge on any atom is -0.480 e. The fourth-order valence-corrected chi connectivity index (χ4v) is 15.0. The Morgan fingerprint density at radius 2 is 0.818 bits per heavy atom. The van der Waals surface area contributed by atoms with E-state index in [1.54, 1.807) is 64.3 Å². The maximum absolute atomic E-state index is 14.7. The summed E-state index contributed by atoms with van der Waals surface area (Å²) in [6.45, 7) is 10.6. The van der Waals surface area contributed by atoms with Crippen LogP contribution in [0, 0.1) is 17.8 Å². The van der Waals surface area contributed by atoms with Crippen molar-refractivity contribution >= 4 is 130 Å². The highest BCUT2D eigenvalue weighted by Crippen LogP contribution is 2.24. The van der Waals surface area contributed by atoms with Gasteiger partial charge in [0.25, 0.3) is 0 Å². The fraction of sp³-hybridized carbons (Fsp3) is 0.690. The number of benzene rings is 1. The number of carbonyl (C=O) groups is 20. The Labute approximate surface area is 771 Å². The van der Waals surface area contributed by atoms with Crippen LogP contribution in [0.4, 0.5) is 0 Å². The molecule has 32 N–H and O–H groups in total. The van der Waals surface area contributed by atoms with Gasteiger partial charge in [-0.1, -0.05) is 71.9 Å². The molecule has 2 heterocycles. The summed E-state index contributed by atoms with van der Waals surface area (Å²) in [7, 11) is 0. The zero-order valence-electron chi connectivity index (χ0n) is 76.6. The third kappa shape index (κ3) is 39.6. The van der Waals surface area contributed by atoms with Gasteiger partial charge in [-0.2, -0.15) is 11.8 Å². The summed E-state index contributed by atoms with van der Waals surface area (Å²) >= 11 is 1.31. The molecule has 0 saturated carbocycles. The quantitative estimate of drug-likeness (QED) is 0.0269. The molecule has 2 aliphatic rings. The number of carboxylic acids is 1. The number of primary amides is 3. The van der Waals surface area contributed by atoms with Crippen LogP contribution in [0.1, 0.15) is 183 Å². The summed E-state index contributed by atoms with van der Waals surface area (Å²) in [5.41, 5.74) is 39.4. The third-order valence-corrected chi connectivity index (χ3v) is 22.5. The Morgan fingerprint density at radius 1 is 0.424 bits per heavy atom. The van der Waals surface area contributed by atoms with Gasteiger partial charge < -0.3 is 145 Å². The van der Waals surface area contributed by atoms with Crippen molar-refractivity contribution in [2.75, 3.05) is 57.9 Å². The van der Waals surface area contributed by atoms with Crippen molar-refractivity contribution in [3.8, 4) is 0 Å². The van der Waals surface area contributed by atoms with Crippen LogP contribution in [-0.4, -0.2) is 315 Å². The molecule has 0 bridgehead atoms. The molecule has 18 atom stereocenters. The van der Waals surface area contributed by atoms with Crippen molar-refractivity contribution in [1.29, 1.82) is 0 Å². The predicted molar refractivity (Wildman–Crippen MR) is 481 cm³/mol. The topological polar surface area (TPSA) is 779 Å². The summed E-state index contributed by atoms with van der Waals surface area (Å²) < 4.78 is 0. The summed E-state index contributed by atoms with van der Waals surface area (Å²) in [5.74, 6) is -21.1. The van der Waals surface area contributed by atoms with E-state index < -0.39 is 278 Å². The molecule has 48 heteroatoms. The van der Waals surface area contributed by atoms with Crippen LogP contribution in [0.2, 0.25) is 0 Å². The Bertz CT molecular complexity index is 4060. The lowest BCUT2D eigenvalue weighted by atomic mass is 9.98. The normalized spacial score (nSPS) is 17.3. The molecule has 0 spiro atoms. The number of nitrogens with zero attached hydrogens (tertiary/aromatic N) is 2. The number of nitrogens with one attached hydrogen (secondary N) is 14. The first-order chi connectivity index (χ1) is 62.2. The number of unbranched alkanes of at least 4 members (excludes halogenated alkanes) is 3. The molecule has 1 aromatic rings. The van der Waals surface area contributed by atoms with E-state index >= 15 is 0 Å². The van der Waals surface area contributed by atoms with Gasteiger partial charge in [0.1, 0.15) is 90.6 Å². The number of hydrogen-bond acceptors (Lipinski definition) is 28. The Morgan fingerprint density at radius 3 is 1.29 bits per heavy atom. The number of carbonyl (C=O) groups excluding carboxylic acids is 19. The van der Waals surface area contributed by atoms with E-state index in [9.17, 15) is 116 Å². The molecule has 0 unspecified atom stereocenters. The predicted octanol–water partition coefficient (Wildman–Crippen LogP) is -8.69. The van der Waals surface area contributed by atoms with Gasteiger partial charge in [-0.15, -0.1) is 0 Å². The Balaban J connectivity index is 1.83. The number of rotatable bonds is 62. The van der Waals surface area contributed by atoms with Crippen molar-refractivity contribution in [1.82, 2.24) is 84.2 Å². The first kappa shape index (κ1) is 115. The second-order valence-electron chi connectivity index (χ2n) is 34.0. The maximum Gasteiger partial charge on any atom is 0.326 e. The van der Waals surface area contributed by atoms with Crippen molar-refractivity contribution in [2.45, 2.75) is 293 Å². The number of aliphatic carboxylic acids is 1. The summed E-state index contributed by atoms with van der Waals surface area (Å²) in [6, 6.07) is -15.7. The second-order valence-corrected chi connectivity index (χ2v) is 35.0. The molecule has 742 valence electrons. The van der Waals surface area contributed by atoms with E-state index in [2.05, 4.69) is 74.4 Å². The van der Waals surface area contributed by atoms with Crippen LogP contribution >= 0.6 is 11.8 Å². The summed E-state index contributed by atoms with van der Waals surface area (Å²) in [5, 5.41) is 76.8. The number of carboxylic acid groups (broad SMARTS) is 1. The minimum absolute atomic E-state index is 0.0138. The smallest absolute Gasteiger partial charge is 0.326 e. The number of hydrogen-bond donors (Lipinski definition) is 25. The van der Waals surface area contributed by atoms with Gasteiger partial charge in [-0.3, -0.25) is 91.1 Å². The molecule has 19 amide bonds. The molecule has 0 aromatic heterocycles. The van der Waals surface area contributed by atoms with Gasteiger partial charge >= 0.3 is 5.97 Å². The molecule has 47 nitrogen and oxygen atoms in total. The van der Waals surface area contributed by atoms with E-state index in [4.69, 9.17) is 40.1 Å². The molecule has 2 saturated heterocycles. The highest BCUT2D eigenvalue weighted by atomic mass is 32.2. The summed E-state index contributed by atoms with van der Waals surface area (Å²) in [4.78, 5) is 276. The molecule has 2 aliphatic heterocycles. The second kappa shape index (κ2) is 59.3. The molecule has 2 fully saturated rings. The standard InChI is InChI=1S/C84H141N23O24S/c1-43(2)37-55(99-76(122)59-26-19-35-107(59)83(129)58(42-108)101-71(117)51(24-14-17-32-86)95-80(126)67(46(7)109)104-69(115)49(88)39-62(90)112)74(120)98-56(38-48-21-11-10-12-22-48)75(121)94-53(30-36-132-9)70(116)92-41-64(114)93-50(23-13-16-31-85)73(119)102-66(45(5)6)79(125)103-65(44(3)4)78(124)100-57(40-63(91)113)82(128)106-34-20-27-60(106)77(123)105-68(47(8)110)81(127)96-52(28-29-61(89)111)72(118)97-54(84(130)131)25-15-18-33-87/h10-12,21-22,43-47,49-60,65-68,108-110H,13-20,23-42,85-88H2,1-9H3,(H2,89,111)(H2,90,112)(H2,91,113)(H,92,116)(H,93,114)(H,94,121)(H,95,126)(H,96,127)(H,97,118)(H,98,120)(H,99,122)(H,100,124)(H,101,117)(H,102,119)(H,103,125)(H,104,115)(H,105,123)(H,130,131)/t46-,47-,49+,50+,51+,52+,53+,54+,55+,56+,57+,58+,59+,60+,65+,66+,67+,68+/m1/s1. The van der Waals surface area contributed by atoms with Crippen LogP contribution in [0.25, 0.3) is 0 Å². The van der Waals surface area contributed by atoms with Crippen LogP contribution < -0.4 is 115 Å². The van der Waals surface area contributed by atoms with Crippen molar-refractivity contribution in [3.05, 3.63) is 35.9 Å². The number of nitrogens with two attached hydrogens (primary N) is 7. The molecule has 0 radical (unpaired) electrons. The van der Waals surface area contributed by atoms with Crippen molar-refractivity contribution in [3.63, 3.8) is 0 Å². The lowest BCUT2D eigenvalue weighted by Crippen LogP contribution is -2.62. The number of thioether (sulfide) groups is 1. The number of amides is 19. The lowest BCUT2D eigenvalue weighted by molar-refractivity contribution is -0.144. The SMILES string of the molecule is CSCC[C@H](NC(=O)[C@H](Cc1ccccc1)NC(=O)[C@H](CC(C)C)NC(=O)[C@@H]1CCCN1C(=O)[C@H](CO)NC(=O)[C@H](CCCCN)NC(=O)[C@@H](NC(=O)[C@@H](N)CC(N)=O)[C@@H](C)O)C(=O)NCC(=O)N[C@@H](CCCCN)C(=O)N[C@H](C(=O)N[C@H](C(=O)N[C@@H](CC(N)=O)C(=O)N1CCC[C@H]1C(=O)N[C@H](C(=O)N[C@@H](CCC(N)=O)C(=O)N[C@@H](CCCCN)C(=O)O)[C@@H](C)O)C(C)C)C(C)C. The average Bonchev–Trinajstić information content (AvgIpc) is 1.65. The largest absolute Gasteiger partial charge is 0.480 e. The van der Waals surface area contributed by atoms with Crippen molar-refractivity contribution in [2.24, 2.45) is 57.9 Å². The van der Waals surface area contributed by atoms with Gasteiger partial charge in [0, 0.05) is 25.9 Å². The van der Waals surface area contributed by atoms with E-state index in [0.717, 1.165) is 16.7 Å². The molecule has 1 aromatic carbocycles. The third-order valence-electron chi connectivity index (χ3n) is 21.8. The first-order valence-corrected chi connectivity index (χ1v) is 45.9. The molecule has 0 aliphatic carbocycles. The van der Waals surface area contributed by atoms with Gasteiger partial charge in [0.15, 0.2) is 0 Å². The number of aliphatic hydroxyl groups excluding tert-OH is 3. The fourth-order valence-electron chi connectivity index (χ4n) is 14.6. The van der Waals surface area contributed by atoms with E-state index in [1.807, 2.05) is 0 Å². The van der Waals surface area contributed by atoms with Crippen LogP contribution in [0.3, 0.4) is 0 Å². The highest BCUT2D eigenvalue weighted by molar-refractivity contribution is 7.98. The van der Waals surface area contributed by atoms with E-state index in [-0.39, 0.29) is 121 Å². The number of likely N-dealkylation sites (tertiary alicyclic amines) is 2. The van der Waals surface area contributed by atoms with Crippen LogP contribution in [0.5, 0.6) is 0 Å². The van der Waals surface area contributed by atoms with Gasteiger partial charge in [-0.25, -0.2) is 4.79 Å². The van der Waals surface area contributed by atoms with Crippen LogP contribution in [0.15, 0.2) is 30.3 Å². The monoisotopic (exact) mass is 1890 g/mol. The van der Waals surface area contributed by atoms with E-state index in [1.165, 1.54) is 32.5 Å². The molecular weight excluding hydrogens is 1750 g/mol. The maximum atomic E-state index is 14.7. The Hall–Kier alpha value is -11.3. The average molecular weight is 1890 g/mol. The zero-order chi connectivity index (χ0) is 99.3. The van der Waals surface area contributed by atoms with Crippen LogP contribution in [-0.2, 0) is 102 Å². The number of aliphatic hydroxyl groups is 3. The zero-order valence-corrected chi connectivity index (χ0v) is 77.4. The molecule has 132 heavy (non-hydrogen) atoms. The van der Waals surface area contributed by atoms with Gasteiger partial charge in [0.05, 0.1) is 44.2 Å². The lowest BCUT2D eigenvalue weighted by Gasteiger charge is -2.32. The molecular formula is C84H141N23O24S. The summed E-state index contributed by atoms with van der Waals surface area (Å²) in [6.07, 6.45) is -1.77. The van der Waals surface area contributed by atoms with Gasteiger partial charge in [-0.05, 0) is 172 Å². The van der Waals surface area contributed by atoms with Gasteiger partial charge in [0.2, 0.25) is 112 Å². The van der Waals surface area contributed by atoms with E-state index in [0.29, 0.717) is 31.2 Å². The minimum atomic E-state index is -1.84. The highest BCUT2D eigenvalue weighted by Gasteiger charge is 2.45. The Kier molecular flexibility index (Phi) is 51.6. The first-order valence-electron chi connectivity index (χ1n) is 44.5.